The van der Waals surface area contributed by atoms with E-state index in [9.17, 15) is 9.59 Å². The number of rotatable bonds is 5. The molecule has 4 heterocycles. The number of hydrogen-bond donors (Lipinski definition) is 1. The van der Waals surface area contributed by atoms with E-state index in [-0.39, 0.29) is 18.4 Å². The van der Waals surface area contributed by atoms with E-state index in [1.165, 1.54) is 11.0 Å². The number of fused-ring (bicyclic) bond motifs is 1. The van der Waals surface area contributed by atoms with Gasteiger partial charge in [0.1, 0.15) is 18.6 Å². The number of nitrogens with one attached hydrogen (secondary N) is 1. The molecule has 2 amide bonds. The number of likely N-dealkylation sites (tertiary alicyclic amines) is 1. The Morgan fingerprint density at radius 1 is 1.26 bits per heavy atom. The topological polar surface area (TPSA) is 123 Å². The van der Waals surface area contributed by atoms with Crippen LogP contribution in [0.3, 0.4) is 0 Å². The van der Waals surface area contributed by atoms with Gasteiger partial charge in [-0.1, -0.05) is 0 Å². The minimum absolute atomic E-state index is 0.00184. The maximum atomic E-state index is 12.3. The minimum atomic E-state index is -0.210. The Morgan fingerprint density at radius 2 is 2.11 bits per heavy atom. The first-order valence-electron chi connectivity index (χ1n) is 8.75. The van der Waals surface area contributed by atoms with Gasteiger partial charge in [0.2, 0.25) is 11.7 Å². The molecule has 1 saturated heterocycles. The Bertz CT molecular complexity index is 895. The van der Waals surface area contributed by atoms with Crippen molar-refractivity contribution in [3.63, 3.8) is 0 Å². The molecule has 0 radical (unpaired) electrons. The van der Waals surface area contributed by atoms with Gasteiger partial charge >= 0.3 is 0 Å². The molecule has 1 aliphatic heterocycles. The lowest BCUT2D eigenvalue weighted by Crippen LogP contribution is -2.42. The average molecular weight is 369 g/mol. The highest BCUT2D eigenvalue weighted by Crippen LogP contribution is 2.17. The van der Waals surface area contributed by atoms with Crippen molar-refractivity contribution in [1.82, 2.24) is 44.8 Å². The molecule has 11 heteroatoms. The maximum Gasteiger partial charge on any atom is 0.271 e. The molecule has 1 aliphatic rings. The Hall–Kier alpha value is -3.37. The number of amides is 2. The average Bonchev–Trinajstić information content (AvgIpc) is 3.36. The van der Waals surface area contributed by atoms with Crippen molar-refractivity contribution in [3.8, 4) is 0 Å². The van der Waals surface area contributed by atoms with Crippen LogP contribution < -0.4 is 5.32 Å². The molecule has 0 bridgehead atoms. The summed E-state index contributed by atoms with van der Waals surface area (Å²) in [5.74, 6) is 0.623. The van der Waals surface area contributed by atoms with Gasteiger partial charge in [-0.15, -0.1) is 5.10 Å². The van der Waals surface area contributed by atoms with Gasteiger partial charge in [-0.25, -0.2) is 14.6 Å². The van der Waals surface area contributed by atoms with Crippen molar-refractivity contribution in [2.24, 2.45) is 5.92 Å². The highest BCUT2D eigenvalue weighted by molar-refractivity contribution is 5.92. The van der Waals surface area contributed by atoms with Crippen LogP contribution in [0.15, 0.2) is 31.0 Å². The second-order valence-corrected chi connectivity index (χ2v) is 6.49. The number of carbonyl (C=O) groups is 2. The number of hydrogen-bond acceptors (Lipinski definition) is 7. The molecule has 0 spiro atoms. The second kappa shape index (κ2) is 7.48. The van der Waals surface area contributed by atoms with Crippen molar-refractivity contribution in [1.29, 1.82) is 0 Å². The molecule has 4 rings (SSSR count). The lowest BCUT2D eigenvalue weighted by atomic mass is 9.96. The smallest absolute Gasteiger partial charge is 0.271 e. The highest BCUT2D eigenvalue weighted by atomic mass is 16.2. The number of tetrazole rings is 1. The molecule has 1 fully saturated rings. The van der Waals surface area contributed by atoms with Crippen LogP contribution in [0.4, 0.5) is 0 Å². The maximum absolute atomic E-state index is 12.3. The Labute approximate surface area is 154 Å². The fourth-order valence-electron chi connectivity index (χ4n) is 3.14. The summed E-state index contributed by atoms with van der Waals surface area (Å²) >= 11 is 0. The van der Waals surface area contributed by atoms with Gasteiger partial charge in [-0.3, -0.25) is 14.0 Å². The third-order valence-corrected chi connectivity index (χ3v) is 4.68. The number of piperidine rings is 1. The normalized spacial score (nSPS) is 15.2. The van der Waals surface area contributed by atoms with E-state index in [0.717, 1.165) is 12.8 Å². The summed E-state index contributed by atoms with van der Waals surface area (Å²) in [5, 5.41) is 13.7. The van der Waals surface area contributed by atoms with Crippen LogP contribution in [0.2, 0.25) is 0 Å². The van der Waals surface area contributed by atoms with E-state index in [1.54, 1.807) is 29.1 Å². The van der Waals surface area contributed by atoms with Gasteiger partial charge in [0, 0.05) is 38.2 Å². The largest absolute Gasteiger partial charge is 0.350 e. The lowest BCUT2D eigenvalue weighted by molar-refractivity contribution is -0.133. The third kappa shape index (κ3) is 3.91. The molecule has 0 aliphatic carbocycles. The Balaban J connectivity index is 1.24. The van der Waals surface area contributed by atoms with E-state index >= 15 is 0 Å². The molecular weight excluding hydrogens is 350 g/mol. The van der Waals surface area contributed by atoms with Gasteiger partial charge in [-0.2, -0.15) is 0 Å². The van der Waals surface area contributed by atoms with Crippen molar-refractivity contribution in [2.45, 2.75) is 19.4 Å². The van der Waals surface area contributed by atoms with E-state index in [2.05, 4.69) is 30.8 Å². The molecule has 11 nitrogen and oxygen atoms in total. The predicted molar refractivity (Wildman–Crippen MR) is 92.4 cm³/mol. The first-order chi connectivity index (χ1) is 13.2. The Kier molecular flexibility index (Phi) is 4.73. The molecule has 3 aromatic rings. The van der Waals surface area contributed by atoms with E-state index in [0.29, 0.717) is 37.0 Å². The summed E-state index contributed by atoms with van der Waals surface area (Å²) in [7, 11) is 0. The van der Waals surface area contributed by atoms with Crippen LogP contribution in [-0.4, -0.2) is 70.9 Å². The molecule has 1 N–H and O–H groups in total. The van der Waals surface area contributed by atoms with Crippen molar-refractivity contribution in [3.05, 3.63) is 36.7 Å². The second-order valence-electron chi connectivity index (χ2n) is 6.49. The summed E-state index contributed by atoms with van der Waals surface area (Å²) in [5.41, 5.74) is 0.350. The molecule has 140 valence electrons. The van der Waals surface area contributed by atoms with E-state index in [1.807, 2.05) is 4.90 Å². The molecular formula is C16H19N9O2. The fourth-order valence-corrected chi connectivity index (χ4v) is 3.14. The minimum Gasteiger partial charge on any atom is -0.350 e. The van der Waals surface area contributed by atoms with Crippen LogP contribution in [-0.2, 0) is 11.3 Å². The summed E-state index contributed by atoms with van der Waals surface area (Å²) in [6, 6.07) is 1.78. The van der Waals surface area contributed by atoms with Gasteiger partial charge in [0.05, 0.1) is 0 Å². The number of nitrogens with zero attached hydrogens (tertiary/aromatic N) is 8. The summed E-state index contributed by atoms with van der Waals surface area (Å²) < 4.78 is 3.13. The number of imidazole rings is 1. The lowest BCUT2D eigenvalue weighted by Gasteiger charge is -2.32. The molecule has 0 aromatic carbocycles. The summed E-state index contributed by atoms with van der Waals surface area (Å²) in [6.45, 7) is 2.05. The zero-order valence-corrected chi connectivity index (χ0v) is 14.6. The molecule has 0 atom stereocenters. The molecule has 27 heavy (non-hydrogen) atoms. The highest BCUT2D eigenvalue weighted by Gasteiger charge is 2.24. The van der Waals surface area contributed by atoms with Crippen LogP contribution in [0.1, 0.15) is 23.3 Å². The summed E-state index contributed by atoms with van der Waals surface area (Å²) in [4.78, 5) is 34.7. The predicted octanol–water partition coefficient (Wildman–Crippen LogP) is -0.616. The van der Waals surface area contributed by atoms with Crippen molar-refractivity contribution in [2.75, 3.05) is 19.6 Å². The standard InChI is InChI=1S/C16H19N9O2/c26-14(10-25-11-19-21-22-25)23-6-2-12(3-7-23)8-18-15(27)13-9-24-5-1-4-17-16(24)20-13/h1,4-5,9,11-12H,2-3,6-8,10H2,(H,18,27). The van der Waals surface area contributed by atoms with Crippen molar-refractivity contribution >= 4 is 17.6 Å². The number of carbonyl (C=O) groups excluding carboxylic acids is 2. The van der Waals surface area contributed by atoms with Gasteiger partial charge in [0.15, 0.2) is 0 Å². The van der Waals surface area contributed by atoms with E-state index in [4.69, 9.17) is 0 Å². The van der Waals surface area contributed by atoms with Gasteiger partial charge in [0.25, 0.3) is 5.91 Å². The Morgan fingerprint density at radius 3 is 2.85 bits per heavy atom. The fraction of sp³-hybridized carbons (Fsp3) is 0.438. The van der Waals surface area contributed by atoms with E-state index < -0.39 is 0 Å². The van der Waals surface area contributed by atoms with Crippen LogP contribution in [0, 0.1) is 5.92 Å². The molecule has 0 unspecified atom stereocenters. The SMILES string of the molecule is O=C(NCC1CCN(C(=O)Cn2cnnn2)CC1)c1cn2cccnc2n1. The third-order valence-electron chi connectivity index (χ3n) is 4.68. The van der Waals surface area contributed by atoms with Crippen LogP contribution >= 0.6 is 0 Å². The van der Waals surface area contributed by atoms with Crippen LogP contribution in [0.5, 0.6) is 0 Å². The summed E-state index contributed by atoms with van der Waals surface area (Å²) in [6.07, 6.45) is 8.21. The monoisotopic (exact) mass is 369 g/mol. The molecule has 0 saturated carbocycles. The first kappa shape index (κ1) is 17.1. The quantitative estimate of drug-likeness (QED) is 0.636. The first-order valence-corrected chi connectivity index (χ1v) is 8.75. The van der Waals surface area contributed by atoms with Gasteiger partial charge < -0.3 is 10.2 Å². The number of aromatic nitrogens is 7. The zero-order valence-electron chi connectivity index (χ0n) is 14.6. The zero-order chi connectivity index (χ0) is 18.6. The molecule has 3 aromatic heterocycles. The van der Waals surface area contributed by atoms with Crippen molar-refractivity contribution < 1.29 is 9.59 Å². The van der Waals surface area contributed by atoms with Gasteiger partial charge in [-0.05, 0) is 35.3 Å². The van der Waals surface area contributed by atoms with Crippen LogP contribution in [0.25, 0.3) is 5.78 Å².